The van der Waals surface area contributed by atoms with Gasteiger partial charge in [-0.1, -0.05) is 6.07 Å². The number of hydrogen-bond acceptors (Lipinski definition) is 6. The quantitative estimate of drug-likeness (QED) is 0.558. The number of non-ortho nitro benzene ring substituents is 1. The molecule has 0 fully saturated rings. The molecule has 0 radical (unpaired) electrons. The molecule has 0 spiro atoms. The third-order valence-corrected chi connectivity index (χ3v) is 3.01. The number of nitro groups is 2. The minimum Gasteiger partial charge on any atom is -0.301 e. The number of nitrogens with one attached hydrogen (secondary N) is 3. The Morgan fingerprint density at radius 3 is 2.35 bits per heavy atom. The van der Waals surface area contributed by atoms with Crippen LogP contribution in [0.4, 0.5) is 26.2 Å². The van der Waals surface area contributed by atoms with E-state index in [1.165, 1.54) is 18.2 Å². The van der Waals surface area contributed by atoms with Crippen LogP contribution in [0.2, 0.25) is 0 Å². The zero-order chi connectivity index (χ0) is 19.3. The Labute approximate surface area is 144 Å². The second-order valence-electron chi connectivity index (χ2n) is 4.76. The number of benzene rings is 2. The summed E-state index contributed by atoms with van der Waals surface area (Å²) in [5, 5.41) is 23.6. The standard InChI is InChI=1S/C14H10FN5O6/c15-9-4-5-11(12(7-9)20(25)26)16-14(22)18-17-13(21)8-2-1-3-10(6-8)19(23)24/h1-7H,(H,17,21)(H2,16,18,22). The van der Waals surface area contributed by atoms with Gasteiger partial charge in [-0.3, -0.25) is 30.4 Å². The number of carbonyl (C=O) groups excluding carboxylic acids is 2. The number of halogens is 1. The number of carbonyl (C=O) groups is 2. The SMILES string of the molecule is O=C(NNC(=O)c1cccc([N+](=O)[O-])c1)Nc1ccc(F)cc1[N+](=O)[O-]. The van der Waals surface area contributed by atoms with Crippen LogP contribution in [0.15, 0.2) is 42.5 Å². The first kappa shape index (κ1) is 18.3. The summed E-state index contributed by atoms with van der Waals surface area (Å²) in [6.45, 7) is 0. The van der Waals surface area contributed by atoms with Gasteiger partial charge in [-0.25, -0.2) is 14.6 Å². The van der Waals surface area contributed by atoms with Crippen LogP contribution in [0.5, 0.6) is 0 Å². The minimum absolute atomic E-state index is 0.0905. The topological polar surface area (TPSA) is 157 Å². The second-order valence-corrected chi connectivity index (χ2v) is 4.76. The smallest absolute Gasteiger partial charge is 0.301 e. The predicted molar refractivity (Wildman–Crippen MR) is 85.8 cm³/mol. The van der Waals surface area contributed by atoms with Gasteiger partial charge < -0.3 is 5.32 Å². The normalized spacial score (nSPS) is 9.88. The van der Waals surface area contributed by atoms with Crippen LogP contribution >= 0.6 is 0 Å². The van der Waals surface area contributed by atoms with E-state index in [-0.39, 0.29) is 16.9 Å². The van der Waals surface area contributed by atoms with E-state index in [0.717, 1.165) is 18.2 Å². The minimum atomic E-state index is -1.04. The van der Waals surface area contributed by atoms with Crippen molar-refractivity contribution in [1.29, 1.82) is 0 Å². The molecule has 0 saturated heterocycles. The Morgan fingerprint density at radius 2 is 1.69 bits per heavy atom. The number of amides is 3. The Balaban J connectivity index is 2.01. The van der Waals surface area contributed by atoms with E-state index in [9.17, 15) is 34.2 Å². The fraction of sp³-hybridized carbons (Fsp3) is 0. The van der Waals surface area contributed by atoms with Crippen molar-refractivity contribution >= 4 is 29.0 Å². The highest BCUT2D eigenvalue weighted by atomic mass is 19.1. The van der Waals surface area contributed by atoms with Gasteiger partial charge in [0.15, 0.2) is 0 Å². The van der Waals surface area contributed by atoms with Gasteiger partial charge >= 0.3 is 6.03 Å². The maximum atomic E-state index is 13.0. The third kappa shape index (κ3) is 4.47. The zero-order valence-corrected chi connectivity index (χ0v) is 12.8. The molecule has 0 aliphatic carbocycles. The maximum Gasteiger partial charge on any atom is 0.338 e. The summed E-state index contributed by atoms with van der Waals surface area (Å²) < 4.78 is 13.0. The molecule has 26 heavy (non-hydrogen) atoms. The van der Waals surface area contributed by atoms with Gasteiger partial charge in [0.1, 0.15) is 11.5 Å². The van der Waals surface area contributed by atoms with E-state index >= 15 is 0 Å². The first-order valence-electron chi connectivity index (χ1n) is 6.83. The Kier molecular flexibility index (Phi) is 5.37. The molecule has 0 unspecified atom stereocenters. The Bertz CT molecular complexity index is 903. The predicted octanol–water partition coefficient (Wildman–Crippen LogP) is 2.11. The molecule has 12 heteroatoms. The molecule has 0 saturated carbocycles. The van der Waals surface area contributed by atoms with Crippen LogP contribution in [0.1, 0.15) is 10.4 Å². The van der Waals surface area contributed by atoms with Crippen LogP contribution in [0.25, 0.3) is 0 Å². The maximum absolute atomic E-state index is 13.0. The molecule has 0 atom stereocenters. The van der Waals surface area contributed by atoms with Crippen molar-refractivity contribution in [3.63, 3.8) is 0 Å². The number of rotatable bonds is 4. The molecule has 0 aliphatic rings. The van der Waals surface area contributed by atoms with Gasteiger partial charge in [0, 0.05) is 17.7 Å². The lowest BCUT2D eigenvalue weighted by molar-refractivity contribution is -0.384. The number of anilines is 1. The summed E-state index contributed by atoms with van der Waals surface area (Å²) >= 11 is 0. The molecule has 2 rings (SSSR count). The highest BCUT2D eigenvalue weighted by molar-refractivity contribution is 5.98. The highest BCUT2D eigenvalue weighted by Gasteiger charge is 2.17. The lowest BCUT2D eigenvalue weighted by Crippen LogP contribution is -2.44. The first-order valence-corrected chi connectivity index (χ1v) is 6.83. The fourth-order valence-corrected chi connectivity index (χ4v) is 1.86. The first-order chi connectivity index (χ1) is 12.3. The molecule has 2 aromatic rings. The van der Waals surface area contributed by atoms with Crippen LogP contribution in [0, 0.1) is 26.0 Å². The van der Waals surface area contributed by atoms with Crippen molar-refractivity contribution in [2.75, 3.05) is 5.32 Å². The number of hydrazine groups is 1. The van der Waals surface area contributed by atoms with Crippen molar-refractivity contribution in [2.45, 2.75) is 0 Å². The van der Waals surface area contributed by atoms with Crippen LogP contribution in [0.3, 0.4) is 0 Å². The highest BCUT2D eigenvalue weighted by Crippen LogP contribution is 2.24. The fourth-order valence-electron chi connectivity index (χ4n) is 1.86. The van der Waals surface area contributed by atoms with E-state index in [0.29, 0.717) is 6.07 Å². The Hall–Kier alpha value is -4.09. The average molecular weight is 363 g/mol. The van der Waals surface area contributed by atoms with E-state index in [1.807, 2.05) is 10.9 Å². The van der Waals surface area contributed by atoms with Crippen molar-refractivity contribution < 1.29 is 23.8 Å². The zero-order valence-electron chi connectivity index (χ0n) is 12.8. The molecule has 2 aromatic carbocycles. The van der Waals surface area contributed by atoms with Crippen molar-refractivity contribution in [2.24, 2.45) is 0 Å². The molecule has 0 bridgehead atoms. The third-order valence-electron chi connectivity index (χ3n) is 3.01. The van der Waals surface area contributed by atoms with E-state index in [4.69, 9.17) is 0 Å². The molecular formula is C14H10FN5O6. The summed E-state index contributed by atoms with van der Waals surface area (Å²) in [5.74, 6) is -1.71. The van der Waals surface area contributed by atoms with Crippen molar-refractivity contribution in [3.8, 4) is 0 Å². The summed E-state index contributed by atoms with van der Waals surface area (Å²) in [7, 11) is 0. The van der Waals surface area contributed by atoms with Gasteiger partial charge in [-0.05, 0) is 18.2 Å². The van der Waals surface area contributed by atoms with E-state index in [2.05, 4.69) is 5.32 Å². The molecule has 0 aliphatic heterocycles. The number of nitro benzene ring substituents is 2. The Morgan fingerprint density at radius 1 is 0.962 bits per heavy atom. The molecule has 0 heterocycles. The summed E-state index contributed by atoms with van der Waals surface area (Å²) in [6.07, 6.45) is 0. The molecular weight excluding hydrogens is 353 g/mol. The molecule has 3 amide bonds. The molecule has 11 nitrogen and oxygen atoms in total. The second kappa shape index (κ2) is 7.65. The van der Waals surface area contributed by atoms with Gasteiger partial charge in [0.05, 0.1) is 15.9 Å². The summed E-state index contributed by atoms with van der Waals surface area (Å²) in [6, 6.07) is 6.22. The van der Waals surface area contributed by atoms with E-state index < -0.39 is 33.3 Å². The van der Waals surface area contributed by atoms with Gasteiger partial charge in [-0.2, -0.15) is 0 Å². The van der Waals surface area contributed by atoms with Gasteiger partial charge in [-0.15, -0.1) is 0 Å². The summed E-state index contributed by atoms with van der Waals surface area (Å²) in [4.78, 5) is 43.5. The molecule has 0 aromatic heterocycles. The summed E-state index contributed by atoms with van der Waals surface area (Å²) in [5.41, 5.74) is 2.53. The van der Waals surface area contributed by atoms with Gasteiger partial charge in [0.2, 0.25) is 0 Å². The lowest BCUT2D eigenvalue weighted by atomic mass is 10.2. The van der Waals surface area contributed by atoms with Crippen molar-refractivity contribution in [3.05, 3.63) is 74.1 Å². The van der Waals surface area contributed by atoms with Crippen LogP contribution in [-0.4, -0.2) is 21.8 Å². The van der Waals surface area contributed by atoms with E-state index in [1.54, 1.807) is 0 Å². The number of hydrogen-bond donors (Lipinski definition) is 3. The van der Waals surface area contributed by atoms with Gasteiger partial charge in [0.25, 0.3) is 17.3 Å². The number of urea groups is 1. The average Bonchev–Trinajstić information content (AvgIpc) is 2.61. The monoisotopic (exact) mass is 363 g/mol. The van der Waals surface area contributed by atoms with Crippen LogP contribution < -0.4 is 16.2 Å². The molecule has 134 valence electrons. The lowest BCUT2D eigenvalue weighted by Gasteiger charge is -2.09. The van der Waals surface area contributed by atoms with Crippen molar-refractivity contribution in [1.82, 2.24) is 10.9 Å². The largest absolute Gasteiger partial charge is 0.338 e. The number of nitrogens with zero attached hydrogens (tertiary/aromatic N) is 2. The molecule has 3 N–H and O–H groups in total. The van der Waals surface area contributed by atoms with Crippen LogP contribution in [-0.2, 0) is 0 Å².